The number of halogens is 2. The maximum absolute atomic E-state index is 14.3. The monoisotopic (exact) mass is 487 g/mol. The Labute approximate surface area is 197 Å². The SMILES string of the molecule is CC(C)OC(=O)N1CCC(O)CC1.N=C1CCN(c2cc(F)c3c(N)noc3c2F)CC1.S. The van der Waals surface area contributed by atoms with Crippen LogP contribution < -0.4 is 10.6 Å². The third-order valence-electron chi connectivity index (χ3n) is 5.41. The molecule has 0 spiro atoms. The number of aromatic nitrogens is 1. The first-order chi connectivity index (χ1) is 15.2. The molecule has 9 nitrogen and oxygen atoms in total. The summed E-state index contributed by atoms with van der Waals surface area (Å²) in [4.78, 5) is 14.7. The molecule has 2 fully saturated rings. The summed E-state index contributed by atoms with van der Waals surface area (Å²) in [7, 11) is 0. The lowest BCUT2D eigenvalue weighted by atomic mass is 10.1. The summed E-state index contributed by atoms with van der Waals surface area (Å²) < 4.78 is 38.0. The number of ether oxygens (including phenoxy) is 1. The summed E-state index contributed by atoms with van der Waals surface area (Å²) in [6, 6.07) is 1.11. The molecule has 0 unspecified atom stereocenters. The fourth-order valence-electron chi connectivity index (χ4n) is 3.63. The number of hydrogen-bond acceptors (Lipinski definition) is 8. The van der Waals surface area contributed by atoms with Crippen molar-refractivity contribution in [3.05, 3.63) is 17.7 Å². The summed E-state index contributed by atoms with van der Waals surface area (Å²) in [5.74, 6) is -1.46. The summed E-state index contributed by atoms with van der Waals surface area (Å²) in [5, 5.41) is 20.0. The molecule has 1 aromatic carbocycles. The van der Waals surface area contributed by atoms with Gasteiger partial charge in [0.15, 0.2) is 11.6 Å². The maximum Gasteiger partial charge on any atom is 0.410 e. The van der Waals surface area contributed by atoms with Crippen LogP contribution in [-0.2, 0) is 4.74 Å². The molecule has 2 aliphatic rings. The topological polar surface area (TPSA) is 129 Å². The molecule has 0 atom stereocenters. The molecule has 2 aromatic rings. The number of nitrogens with zero attached hydrogens (tertiary/aromatic N) is 3. The number of aliphatic hydroxyl groups is 1. The molecular weight excluding hydrogens is 456 g/mol. The van der Waals surface area contributed by atoms with E-state index < -0.39 is 11.6 Å². The molecule has 3 heterocycles. The van der Waals surface area contributed by atoms with Crippen LogP contribution in [-0.4, -0.2) is 65.4 Å². The van der Waals surface area contributed by atoms with Crippen LogP contribution >= 0.6 is 13.5 Å². The van der Waals surface area contributed by atoms with Crippen molar-refractivity contribution in [3.8, 4) is 0 Å². The molecule has 0 radical (unpaired) electrons. The van der Waals surface area contributed by atoms with E-state index >= 15 is 0 Å². The smallest absolute Gasteiger partial charge is 0.410 e. The van der Waals surface area contributed by atoms with Crippen LogP contribution in [0.15, 0.2) is 10.6 Å². The molecule has 0 bridgehead atoms. The quantitative estimate of drug-likeness (QED) is 0.592. The van der Waals surface area contributed by atoms with E-state index in [-0.39, 0.29) is 54.3 Å². The molecule has 0 saturated carbocycles. The first-order valence-electron chi connectivity index (χ1n) is 10.6. The van der Waals surface area contributed by atoms with Crippen LogP contribution in [0.2, 0.25) is 0 Å². The van der Waals surface area contributed by atoms with E-state index in [2.05, 4.69) is 5.16 Å². The average molecular weight is 488 g/mol. The van der Waals surface area contributed by atoms with Gasteiger partial charge in [-0.1, -0.05) is 5.16 Å². The lowest BCUT2D eigenvalue weighted by molar-refractivity contribution is 0.0457. The van der Waals surface area contributed by atoms with E-state index in [1.807, 2.05) is 13.8 Å². The summed E-state index contributed by atoms with van der Waals surface area (Å²) in [6.45, 7) is 5.85. The molecule has 184 valence electrons. The van der Waals surface area contributed by atoms with Crippen LogP contribution in [0.1, 0.15) is 39.5 Å². The van der Waals surface area contributed by atoms with Gasteiger partial charge >= 0.3 is 6.09 Å². The van der Waals surface area contributed by atoms with Crippen molar-refractivity contribution in [3.63, 3.8) is 0 Å². The number of likely N-dealkylation sites (tertiary alicyclic amines) is 1. The van der Waals surface area contributed by atoms with E-state index in [1.54, 1.807) is 9.80 Å². The van der Waals surface area contributed by atoms with Crippen LogP contribution in [0.5, 0.6) is 0 Å². The van der Waals surface area contributed by atoms with Crippen LogP contribution in [0.25, 0.3) is 11.0 Å². The molecule has 2 saturated heterocycles. The van der Waals surface area contributed by atoms with E-state index in [1.165, 1.54) is 0 Å². The average Bonchev–Trinajstić information content (AvgIpc) is 3.14. The van der Waals surface area contributed by atoms with Gasteiger partial charge in [0.2, 0.25) is 5.58 Å². The fourth-order valence-corrected chi connectivity index (χ4v) is 3.63. The van der Waals surface area contributed by atoms with Crippen molar-refractivity contribution in [2.24, 2.45) is 0 Å². The normalized spacial score (nSPS) is 17.0. The van der Waals surface area contributed by atoms with Gasteiger partial charge in [-0.2, -0.15) is 13.5 Å². The zero-order valence-electron chi connectivity index (χ0n) is 18.7. The molecule has 1 amide bonds. The molecule has 2 aliphatic heterocycles. The third kappa shape index (κ3) is 6.47. The van der Waals surface area contributed by atoms with Crippen molar-refractivity contribution < 1.29 is 27.9 Å². The van der Waals surface area contributed by atoms with Crippen molar-refractivity contribution >= 4 is 47.8 Å². The highest BCUT2D eigenvalue weighted by Crippen LogP contribution is 2.33. The van der Waals surface area contributed by atoms with Gasteiger partial charge < -0.3 is 35.3 Å². The Kier molecular flexibility index (Phi) is 9.29. The van der Waals surface area contributed by atoms with Crippen LogP contribution in [0.4, 0.5) is 25.1 Å². The minimum absolute atomic E-state index is 0. The third-order valence-corrected chi connectivity index (χ3v) is 5.41. The Bertz CT molecular complexity index is 969. The summed E-state index contributed by atoms with van der Waals surface area (Å²) in [5.41, 5.74) is 5.94. The number of nitrogens with two attached hydrogens (primary N) is 1. The first kappa shape index (κ1) is 26.7. The lowest BCUT2D eigenvalue weighted by Gasteiger charge is -2.29. The zero-order chi connectivity index (χ0) is 23.4. The van der Waals surface area contributed by atoms with E-state index in [4.69, 9.17) is 20.4 Å². The number of anilines is 2. The van der Waals surface area contributed by atoms with Gasteiger partial charge in [-0.3, -0.25) is 0 Å². The minimum atomic E-state index is -0.658. The standard InChI is InChI=1S/C12H12F2N4O.C9H17NO3.H2S/c13-7-5-8(18-3-1-6(15)2-4-18)10(14)11-9(7)12(16)17-19-11;1-7(2)13-9(12)10-5-3-8(11)4-6-10;/h5,15H,1-4H2,(H2,16,17);7-8,11H,3-6H2,1-2H3;1H2. The van der Waals surface area contributed by atoms with Crippen molar-refractivity contribution in [2.75, 3.05) is 36.8 Å². The minimum Gasteiger partial charge on any atom is -0.447 e. The van der Waals surface area contributed by atoms with E-state index in [0.29, 0.717) is 57.6 Å². The number of piperidine rings is 2. The van der Waals surface area contributed by atoms with E-state index in [0.717, 1.165) is 6.07 Å². The van der Waals surface area contributed by atoms with Crippen molar-refractivity contribution in [1.29, 1.82) is 5.41 Å². The van der Waals surface area contributed by atoms with Crippen LogP contribution in [0, 0.1) is 17.0 Å². The van der Waals surface area contributed by atoms with Gasteiger partial charge in [0, 0.05) is 50.8 Å². The van der Waals surface area contributed by atoms with Gasteiger partial charge in [0.05, 0.1) is 17.9 Å². The molecular formula is C21H31F2N5O4S. The molecule has 1 aromatic heterocycles. The fraction of sp³-hybridized carbons (Fsp3) is 0.571. The second kappa shape index (κ2) is 11.5. The maximum atomic E-state index is 14.3. The number of rotatable bonds is 2. The Balaban J connectivity index is 0.000000244. The van der Waals surface area contributed by atoms with Gasteiger partial charge in [-0.25, -0.2) is 13.6 Å². The Hall–Kier alpha value is -2.60. The zero-order valence-corrected chi connectivity index (χ0v) is 19.7. The predicted molar refractivity (Wildman–Crippen MR) is 126 cm³/mol. The molecule has 4 N–H and O–H groups in total. The second-order valence-corrected chi connectivity index (χ2v) is 8.20. The second-order valence-electron chi connectivity index (χ2n) is 8.20. The molecule has 4 rings (SSSR count). The number of nitrogen functional groups attached to an aromatic ring is 1. The summed E-state index contributed by atoms with van der Waals surface area (Å²) >= 11 is 0. The summed E-state index contributed by atoms with van der Waals surface area (Å²) in [6.07, 6.45) is 1.85. The number of fused-ring (bicyclic) bond motifs is 1. The Morgan fingerprint density at radius 3 is 2.45 bits per heavy atom. The highest BCUT2D eigenvalue weighted by atomic mass is 32.1. The number of amides is 1. The number of carbonyl (C=O) groups is 1. The first-order valence-corrected chi connectivity index (χ1v) is 10.6. The van der Waals surface area contributed by atoms with Crippen molar-refractivity contribution in [2.45, 2.75) is 51.7 Å². The highest BCUT2D eigenvalue weighted by molar-refractivity contribution is 7.59. The van der Waals surface area contributed by atoms with E-state index in [9.17, 15) is 18.7 Å². The van der Waals surface area contributed by atoms with Crippen LogP contribution in [0.3, 0.4) is 0 Å². The van der Waals surface area contributed by atoms with Crippen molar-refractivity contribution in [1.82, 2.24) is 10.1 Å². The molecule has 12 heteroatoms. The predicted octanol–water partition coefficient (Wildman–Crippen LogP) is 3.41. The number of nitrogens with one attached hydrogen (secondary N) is 1. The largest absolute Gasteiger partial charge is 0.447 e. The number of carbonyl (C=O) groups excluding carboxylic acids is 1. The number of benzene rings is 1. The Morgan fingerprint density at radius 1 is 1.27 bits per heavy atom. The van der Waals surface area contributed by atoms with Gasteiger partial charge in [0.1, 0.15) is 11.2 Å². The molecule has 33 heavy (non-hydrogen) atoms. The van der Waals surface area contributed by atoms with Gasteiger partial charge in [0.25, 0.3) is 0 Å². The van der Waals surface area contributed by atoms with Gasteiger partial charge in [-0.05, 0) is 26.7 Å². The number of aliphatic hydroxyl groups excluding tert-OH is 1. The Morgan fingerprint density at radius 2 is 1.88 bits per heavy atom. The number of hydrogen-bond donors (Lipinski definition) is 3. The molecule has 0 aliphatic carbocycles. The highest BCUT2D eigenvalue weighted by Gasteiger charge is 2.25. The van der Waals surface area contributed by atoms with Gasteiger partial charge in [-0.15, -0.1) is 0 Å². The lowest BCUT2D eigenvalue weighted by Crippen LogP contribution is -2.41.